The van der Waals surface area contributed by atoms with E-state index in [0.717, 1.165) is 19.6 Å². The number of piperidine rings is 1. The summed E-state index contributed by atoms with van der Waals surface area (Å²) in [5.74, 6) is -2.02. The summed E-state index contributed by atoms with van der Waals surface area (Å²) in [6.07, 6.45) is 2.82. The van der Waals surface area contributed by atoms with Crippen LogP contribution in [0.15, 0.2) is 0 Å². The number of carbonyl (C=O) groups excluding carboxylic acids is 1. The van der Waals surface area contributed by atoms with Gasteiger partial charge in [-0.2, -0.15) is 0 Å². The predicted molar refractivity (Wildman–Crippen MR) is 68.0 cm³/mol. The van der Waals surface area contributed by atoms with Crippen molar-refractivity contribution in [2.45, 2.75) is 50.5 Å². The first-order valence-electron chi connectivity index (χ1n) is 7.45. The van der Waals surface area contributed by atoms with E-state index in [9.17, 15) is 13.6 Å². The molecule has 3 nitrogen and oxygen atoms in total. The quantitative estimate of drug-likeness (QED) is 0.792. The molecule has 0 aromatic heterocycles. The highest BCUT2D eigenvalue weighted by atomic mass is 19.3. The molecule has 5 heteroatoms. The molecule has 1 N–H and O–H groups in total. The van der Waals surface area contributed by atoms with Crippen molar-refractivity contribution in [1.82, 2.24) is 10.2 Å². The maximum atomic E-state index is 13.1. The molecule has 0 radical (unpaired) electrons. The molecular weight excluding hydrogens is 250 g/mol. The summed E-state index contributed by atoms with van der Waals surface area (Å²) in [6.45, 7) is 2.64. The minimum Gasteiger partial charge on any atom is -0.341 e. The number of hydrogen-bond acceptors (Lipinski definition) is 2. The van der Waals surface area contributed by atoms with Gasteiger partial charge in [-0.25, -0.2) is 8.78 Å². The zero-order chi connectivity index (χ0) is 13.5. The lowest BCUT2D eigenvalue weighted by Crippen LogP contribution is -2.42. The number of nitrogens with one attached hydrogen (secondary N) is 1. The van der Waals surface area contributed by atoms with Gasteiger partial charge in [-0.1, -0.05) is 0 Å². The van der Waals surface area contributed by atoms with Crippen LogP contribution in [0.2, 0.25) is 0 Å². The van der Waals surface area contributed by atoms with Gasteiger partial charge < -0.3 is 10.2 Å². The van der Waals surface area contributed by atoms with Gasteiger partial charge in [0.15, 0.2) is 0 Å². The maximum absolute atomic E-state index is 13.1. The molecular formula is C14H22F2N2O. The summed E-state index contributed by atoms with van der Waals surface area (Å²) in [7, 11) is 0. The number of carbonyl (C=O) groups is 1. The van der Waals surface area contributed by atoms with E-state index in [1.165, 1.54) is 12.8 Å². The molecule has 3 rings (SSSR count). The summed E-state index contributed by atoms with van der Waals surface area (Å²) >= 11 is 0. The first-order valence-corrected chi connectivity index (χ1v) is 7.45. The van der Waals surface area contributed by atoms with Gasteiger partial charge in [0.2, 0.25) is 11.8 Å². The van der Waals surface area contributed by atoms with Crippen molar-refractivity contribution in [3.63, 3.8) is 0 Å². The average molecular weight is 272 g/mol. The smallest absolute Gasteiger partial charge is 0.248 e. The third kappa shape index (κ3) is 2.76. The molecule has 3 aliphatic rings. The number of hydrogen-bond donors (Lipinski definition) is 1. The standard InChI is InChI=1S/C14H22F2N2O/c15-14(16)5-3-10(4-6-14)13(19)18-8-11-2-1-7-17-12(11)9-18/h10-12,17H,1-9H2/t11-,12+/m0/s1. The highest BCUT2D eigenvalue weighted by Gasteiger charge is 2.42. The molecule has 0 aromatic rings. The average Bonchev–Trinajstić information content (AvgIpc) is 2.81. The van der Waals surface area contributed by atoms with Crippen molar-refractivity contribution in [2.24, 2.45) is 11.8 Å². The first kappa shape index (κ1) is 13.3. The van der Waals surface area contributed by atoms with Crippen molar-refractivity contribution in [1.29, 1.82) is 0 Å². The first-order chi connectivity index (χ1) is 9.05. The minimum absolute atomic E-state index is 0.117. The minimum atomic E-state index is -2.54. The van der Waals surface area contributed by atoms with E-state index >= 15 is 0 Å². The maximum Gasteiger partial charge on any atom is 0.248 e. The van der Waals surface area contributed by atoms with Crippen LogP contribution in [0.25, 0.3) is 0 Å². The fourth-order valence-electron chi connectivity index (χ4n) is 3.77. The zero-order valence-electron chi connectivity index (χ0n) is 11.2. The van der Waals surface area contributed by atoms with E-state index < -0.39 is 5.92 Å². The fraction of sp³-hybridized carbons (Fsp3) is 0.929. The second kappa shape index (κ2) is 5.00. The van der Waals surface area contributed by atoms with E-state index in [-0.39, 0.29) is 24.7 Å². The number of rotatable bonds is 1. The SMILES string of the molecule is O=C(C1CCC(F)(F)CC1)N1C[C@@H]2CCCN[C@@H]2C1. The zero-order valence-corrected chi connectivity index (χ0v) is 11.2. The molecule has 2 saturated heterocycles. The van der Waals surface area contributed by atoms with Crippen molar-refractivity contribution in [2.75, 3.05) is 19.6 Å². The molecule has 2 aliphatic heterocycles. The van der Waals surface area contributed by atoms with Gasteiger partial charge >= 0.3 is 0 Å². The van der Waals surface area contributed by atoms with Crippen LogP contribution in [0.3, 0.4) is 0 Å². The topological polar surface area (TPSA) is 32.3 Å². The molecule has 2 heterocycles. The Bertz CT molecular complexity index is 337. The summed E-state index contributed by atoms with van der Waals surface area (Å²) < 4.78 is 26.3. The van der Waals surface area contributed by atoms with E-state index in [2.05, 4.69) is 5.32 Å². The van der Waals surface area contributed by atoms with Crippen LogP contribution in [-0.2, 0) is 4.79 Å². The Kier molecular flexibility index (Phi) is 3.50. The van der Waals surface area contributed by atoms with Gasteiger partial charge in [-0.05, 0) is 38.1 Å². The van der Waals surface area contributed by atoms with E-state index in [1.54, 1.807) is 0 Å². The Balaban J connectivity index is 1.56. The van der Waals surface area contributed by atoms with Crippen molar-refractivity contribution < 1.29 is 13.6 Å². The molecule has 0 unspecified atom stereocenters. The second-order valence-electron chi connectivity index (χ2n) is 6.34. The summed E-state index contributed by atoms with van der Waals surface area (Å²) in [5, 5.41) is 3.47. The summed E-state index contributed by atoms with van der Waals surface area (Å²) in [5.41, 5.74) is 0. The number of alkyl halides is 2. The molecule has 3 fully saturated rings. The van der Waals surface area contributed by atoms with Crippen molar-refractivity contribution in [3.05, 3.63) is 0 Å². The molecule has 1 amide bonds. The highest BCUT2D eigenvalue weighted by molar-refractivity contribution is 5.79. The third-order valence-electron chi connectivity index (χ3n) is 4.98. The van der Waals surface area contributed by atoms with Crippen LogP contribution in [0.4, 0.5) is 8.78 Å². The van der Waals surface area contributed by atoms with Crippen LogP contribution < -0.4 is 5.32 Å². The molecule has 19 heavy (non-hydrogen) atoms. The number of likely N-dealkylation sites (tertiary alicyclic amines) is 1. The molecule has 2 atom stereocenters. The molecule has 108 valence electrons. The van der Waals surface area contributed by atoms with Crippen LogP contribution in [0, 0.1) is 11.8 Å². The molecule has 0 spiro atoms. The largest absolute Gasteiger partial charge is 0.341 e. The van der Waals surface area contributed by atoms with Gasteiger partial charge in [0, 0.05) is 37.9 Å². The van der Waals surface area contributed by atoms with Gasteiger partial charge in [0.25, 0.3) is 0 Å². The van der Waals surface area contributed by atoms with Crippen LogP contribution >= 0.6 is 0 Å². The van der Waals surface area contributed by atoms with Crippen molar-refractivity contribution >= 4 is 5.91 Å². The third-order valence-corrected chi connectivity index (χ3v) is 4.98. The van der Waals surface area contributed by atoms with Crippen LogP contribution in [-0.4, -0.2) is 42.4 Å². The monoisotopic (exact) mass is 272 g/mol. The van der Waals surface area contributed by atoms with Crippen LogP contribution in [0.5, 0.6) is 0 Å². The van der Waals surface area contributed by atoms with E-state index in [4.69, 9.17) is 0 Å². The number of fused-ring (bicyclic) bond motifs is 1. The summed E-state index contributed by atoms with van der Waals surface area (Å²) in [4.78, 5) is 14.3. The Labute approximate surface area is 112 Å². The van der Waals surface area contributed by atoms with Gasteiger partial charge in [0.05, 0.1) is 0 Å². The van der Waals surface area contributed by atoms with Crippen LogP contribution in [0.1, 0.15) is 38.5 Å². The molecule has 1 saturated carbocycles. The van der Waals surface area contributed by atoms with E-state index in [0.29, 0.717) is 24.8 Å². The Hall–Kier alpha value is -0.710. The lowest BCUT2D eigenvalue weighted by Gasteiger charge is -2.30. The lowest BCUT2D eigenvalue weighted by molar-refractivity contribution is -0.138. The molecule has 0 bridgehead atoms. The number of halogens is 2. The fourth-order valence-corrected chi connectivity index (χ4v) is 3.77. The number of nitrogens with zero attached hydrogens (tertiary/aromatic N) is 1. The van der Waals surface area contributed by atoms with Gasteiger partial charge in [-0.15, -0.1) is 0 Å². The normalized spacial score (nSPS) is 35.2. The Morgan fingerprint density at radius 1 is 1.16 bits per heavy atom. The Morgan fingerprint density at radius 2 is 1.89 bits per heavy atom. The second-order valence-corrected chi connectivity index (χ2v) is 6.34. The predicted octanol–water partition coefficient (Wildman–Crippen LogP) is 2.02. The summed E-state index contributed by atoms with van der Waals surface area (Å²) in [6, 6.07) is 0.433. The van der Waals surface area contributed by atoms with Gasteiger partial charge in [0.1, 0.15) is 0 Å². The Morgan fingerprint density at radius 3 is 2.58 bits per heavy atom. The van der Waals surface area contributed by atoms with Gasteiger partial charge in [-0.3, -0.25) is 4.79 Å². The highest BCUT2D eigenvalue weighted by Crippen LogP contribution is 2.37. The molecule has 0 aromatic carbocycles. The molecule has 1 aliphatic carbocycles. The van der Waals surface area contributed by atoms with Crippen molar-refractivity contribution in [3.8, 4) is 0 Å². The lowest BCUT2D eigenvalue weighted by atomic mass is 9.86. The number of amides is 1. The van der Waals surface area contributed by atoms with E-state index in [1.807, 2.05) is 4.90 Å².